The lowest BCUT2D eigenvalue weighted by atomic mass is 10.00. The van der Waals surface area contributed by atoms with Crippen LogP contribution in [0.4, 0.5) is 5.69 Å². The molecule has 3 aromatic rings. The minimum atomic E-state index is -0.615. The summed E-state index contributed by atoms with van der Waals surface area (Å²) in [7, 11) is 0. The largest absolute Gasteiger partial charge is 0.491 e. The zero-order valence-corrected chi connectivity index (χ0v) is 24.6. The van der Waals surface area contributed by atoms with Crippen molar-refractivity contribution in [1.82, 2.24) is 4.90 Å². The fraction of sp³-hybridized carbons (Fsp3) is 0.438. The standard InChI is InChI=1S/C32H38Cl2N2O5/c33-26-10-8-24(9-11-26)30-20-35(14-15-36(30)29-13-12-27(19-28(29)34)39-18-16-37)21-31(38)25-6-4-23(5-7-25)22-41-32-3-1-2-17-40-32/h4-13,19,30-32,37-38H,1-3,14-18,20-22H2/t30-,31?,32?/m0/s1. The predicted molar refractivity (Wildman–Crippen MR) is 162 cm³/mol. The molecule has 3 atom stereocenters. The lowest BCUT2D eigenvalue weighted by Gasteiger charge is -2.44. The van der Waals surface area contributed by atoms with Crippen LogP contribution in [0.15, 0.2) is 66.7 Å². The molecule has 2 saturated heterocycles. The van der Waals surface area contributed by atoms with E-state index in [2.05, 4.69) is 9.80 Å². The first-order chi connectivity index (χ1) is 20.0. The summed E-state index contributed by atoms with van der Waals surface area (Å²) in [6, 6.07) is 21.6. The van der Waals surface area contributed by atoms with Crippen LogP contribution in [0, 0.1) is 0 Å². The van der Waals surface area contributed by atoms with Gasteiger partial charge in [-0.1, -0.05) is 59.6 Å². The molecule has 0 saturated carbocycles. The van der Waals surface area contributed by atoms with Gasteiger partial charge >= 0.3 is 0 Å². The fourth-order valence-corrected chi connectivity index (χ4v) is 5.86. The summed E-state index contributed by atoms with van der Waals surface area (Å²) < 4.78 is 17.1. The van der Waals surface area contributed by atoms with Crippen LogP contribution >= 0.6 is 23.2 Å². The number of aliphatic hydroxyl groups is 2. The van der Waals surface area contributed by atoms with Gasteiger partial charge in [-0.25, -0.2) is 0 Å². The summed E-state index contributed by atoms with van der Waals surface area (Å²) in [5.74, 6) is 0.623. The highest BCUT2D eigenvalue weighted by atomic mass is 35.5. The van der Waals surface area contributed by atoms with E-state index in [0.29, 0.717) is 35.5 Å². The molecule has 3 aromatic carbocycles. The SMILES string of the molecule is OCCOc1ccc(N2CCN(CC(O)c3ccc(COC4CCCCO4)cc3)C[C@H]2c2ccc(Cl)cc2)c(Cl)c1. The second-order valence-corrected chi connectivity index (χ2v) is 11.4. The van der Waals surface area contributed by atoms with Gasteiger partial charge in [0.25, 0.3) is 0 Å². The van der Waals surface area contributed by atoms with Crippen molar-refractivity contribution in [3.8, 4) is 5.75 Å². The summed E-state index contributed by atoms with van der Waals surface area (Å²) in [4.78, 5) is 4.60. The second kappa shape index (κ2) is 14.7. The molecule has 220 valence electrons. The molecule has 5 rings (SSSR count). The van der Waals surface area contributed by atoms with E-state index in [-0.39, 0.29) is 25.5 Å². The Bertz CT molecular complexity index is 1240. The Labute approximate surface area is 252 Å². The van der Waals surface area contributed by atoms with Gasteiger partial charge in [0.05, 0.1) is 36.1 Å². The van der Waals surface area contributed by atoms with Crippen LogP contribution in [-0.2, 0) is 16.1 Å². The van der Waals surface area contributed by atoms with Gasteiger partial charge in [-0.05, 0) is 60.2 Å². The highest BCUT2D eigenvalue weighted by Crippen LogP contribution is 2.37. The Hall–Kier alpha value is -2.36. The molecule has 2 aliphatic heterocycles. The topological polar surface area (TPSA) is 74.6 Å². The number of piperazine rings is 1. The number of β-amino-alcohol motifs (C(OH)–C–C–N with tert-alkyl or cyclic N) is 1. The summed E-state index contributed by atoms with van der Waals surface area (Å²) >= 11 is 12.9. The minimum Gasteiger partial charge on any atom is -0.491 e. The van der Waals surface area contributed by atoms with Crippen molar-refractivity contribution in [2.24, 2.45) is 0 Å². The normalized spacial score (nSPS) is 20.6. The molecular formula is C32H38Cl2N2O5. The third-order valence-corrected chi connectivity index (χ3v) is 8.23. The maximum atomic E-state index is 11.1. The number of rotatable bonds is 11. The second-order valence-electron chi connectivity index (χ2n) is 10.6. The number of ether oxygens (including phenoxy) is 3. The Morgan fingerprint density at radius 3 is 2.49 bits per heavy atom. The first kappa shape index (κ1) is 30.1. The number of halogens is 2. The Balaban J connectivity index is 1.24. The Kier molecular flexibility index (Phi) is 10.8. The van der Waals surface area contributed by atoms with E-state index < -0.39 is 6.10 Å². The van der Waals surface area contributed by atoms with Gasteiger partial charge in [0.2, 0.25) is 0 Å². The third kappa shape index (κ3) is 8.14. The van der Waals surface area contributed by atoms with E-state index in [1.807, 2.05) is 60.7 Å². The van der Waals surface area contributed by atoms with E-state index in [9.17, 15) is 5.11 Å². The number of anilines is 1. The summed E-state index contributed by atoms with van der Waals surface area (Å²) in [6.07, 6.45) is 2.45. The van der Waals surface area contributed by atoms with Crippen LogP contribution in [0.2, 0.25) is 10.0 Å². The molecule has 0 aliphatic carbocycles. The smallest absolute Gasteiger partial charge is 0.158 e. The quantitative estimate of drug-likeness (QED) is 0.279. The van der Waals surface area contributed by atoms with Gasteiger partial charge in [-0.2, -0.15) is 0 Å². The number of nitrogens with zero attached hydrogens (tertiary/aromatic N) is 2. The highest BCUT2D eigenvalue weighted by Gasteiger charge is 2.31. The first-order valence-electron chi connectivity index (χ1n) is 14.3. The van der Waals surface area contributed by atoms with E-state index in [1.165, 1.54) is 0 Å². The van der Waals surface area contributed by atoms with Crippen molar-refractivity contribution in [3.63, 3.8) is 0 Å². The Morgan fingerprint density at radius 1 is 0.976 bits per heavy atom. The molecule has 2 unspecified atom stereocenters. The van der Waals surface area contributed by atoms with Gasteiger partial charge < -0.3 is 29.3 Å². The van der Waals surface area contributed by atoms with Gasteiger partial charge in [-0.15, -0.1) is 0 Å². The molecule has 0 spiro atoms. The highest BCUT2D eigenvalue weighted by molar-refractivity contribution is 6.33. The molecule has 41 heavy (non-hydrogen) atoms. The van der Waals surface area contributed by atoms with Crippen LogP contribution in [0.5, 0.6) is 5.75 Å². The molecular weight excluding hydrogens is 563 g/mol. The molecule has 0 amide bonds. The van der Waals surface area contributed by atoms with Crippen LogP contribution in [0.3, 0.4) is 0 Å². The van der Waals surface area contributed by atoms with E-state index >= 15 is 0 Å². The molecule has 2 heterocycles. The lowest BCUT2D eigenvalue weighted by molar-refractivity contribution is -0.168. The predicted octanol–water partition coefficient (Wildman–Crippen LogP) is 6.00. The molecule has 0 aromatic heterocycles. The molecule has 9 heteroatoms. The van der Waals surface area contributed by atoms with Crippen molar-refractivity contribution in [2.45, 2.75) is 44.3 Å². The first-order valence-corrected chi connectivity index (χ1v) is 15.0. The third-order valence-electron chi connectivity index (χ3n) is 7.68. The molecule has 2 aliphatic rings. The summed E-state index contributed by atoms with van der Waals surface area (Å²) in [6.45, 7) is 4.17. The van der Waals surface area contributed by atoms with Gasteiger partial charge in [0, 0.05) is 43.9 Å². The summed E-state index contributed by atoms with van der Waals surface area (Å²) in [5, 5.41) is 21.5. The van der Waals surface area contributed by atoms with E-state index in [1.54, 1.807) is 6.07 Å². The summed E-state index contributed by atoms with van der Waals surface area (Å²) in [5.41, 5.74) is 3.99. The number of benzene rings is 3. The number of aliphatic hydroxyl groups excluding tert-OH is 2. The van der Waals surface area contributed by atoms with Gasteiger partial charge in [0.15, 0.2) is 6.29 Å². The monoisotopic (exact) mass is 600 g/mol. The molecule has 0 radical (unpaired) electrons. The van der Waals surface area contributed by atoms with Crippen molar-refractivity contribution >= 4 is 28.9 Å². The molecule has 7 nitrogen and oxygen atoms in total. The lowest BCUT2D eigenvalue weighted by Crippen LogP contribution is -2.49. The average molecular weight is 602 g/mol. The molecule has 2 N–H and O–H groups in total. The maximum Gasteiger partial charge on any atom is 0.158 e. The molecule has 2 fully saturated rings. The van der Waals surface area contributed by atoms with Crippen molar-refractivity contribution < 1.29 is 24.4 Å². The van der Waals surface area contributed by atoms with Gasteiger partial charge in [-0.3, -0.25) is 4.90 Å². The van der Waals surface area contributed by atoms with Crippen molar-refractivity contribution in [2.75, 3.05) is 50.9 Å². The molecule has 0 bridgehead atoms. The van der Waals surface area contributed by atoms with Crippen molar-refractivity contribution in [3.05, 3.63) is 93.5 Å². The van der Waals surface area contributed by atoms with Gasteiger partial charge in [0.1, 0.15) is 12.4 Å². The van der Waals surface area contributed by atoms with E-state index in [0.717, 1.165) is 61.3 Å². The van der Waals surface area contributed by atoms with Crippen LogP contribution in [0.25, 0.3) is 0 Å². The number of hydrogen-bond donors (Lipinski definition) is 2. The Morgan fingerprint density at radius 2 is 1.78 bits per heavy atom. The van der Waals surface area contributed by atoms with Crippen LogP contribution in [-0.4, -0.2) is 67.4 Å². The zero-order chi connectivity index (χ0) is 28.6. The zero-order valence-electron chi connectivity index (χ0n) is 23.1. The van der Waals surface area contributed by atoms with Crippen LogP contribution in [0.1, 0.15) is 48.1 Å². The fourth-order valence-electron chi connectivity index (χ4n) is 5.46. The van der Waals surface area contributed by atoms with E-state index in [4.69, 9.17) is 42.5 Å². The average Bonchev–Trinajstić information content (AvgIpc) is 3.00. The number of hydrogen-bond acceptors (Lipinski definition) is 7. The van der Waals surface area contributed by atoms with Crippen LogP contribution < -0.4 is 9.64 Å². The van der Waals surface area contributed by atoms with Crippen molar-refractivity contribution in [1.29, 1.82) is 0 Å². The minimum absolute atomic E-state index is 0.0106. The maximum absolute atomic E-state index is 11.1.